The number of carbonyl (C=O) groups is 2. The molecule has 4 amide bonds. The van der Waals surface area contributed by atoms with Gasteiger partial charge in [0.2, 0.25) is 0 Å². The molecule has 0 fully saturated rings. The van der Waals surface area contributed by atoms with E-state index >= 15 is 0 Å². The molecule has 3 aromatic carbocycles. The SMILES string of the molecule is Cc1ccc(S(=O)(=O)N(C(N)=O)c2ccc(N(C(N)=O)S(=O)(=O)c3ccc(C)cc3)cc2)cc1. The lowest BCUT2D eigenvalue weighted by Crippen LogP contribution is -2.41. The molecule has 10 nitrogen and oxygen atoms in total. The van der Waals surface area contributed by atoms with Gasteiger partial charge in [-0.3, -0.25) is 0 Å². The number of nitrogens with zero attached hydrogens (tertiary/aromatic N) is 2. The summed E-state index contributed by atoms with van der Waals surface area (Å²) in [5, 5.41) is 0. The lowest BCUT2D eigenvalue weighted by Gasteiger charge is -2.23. The predicted molar refractivity (Wildman–Crippen MR) is 127 cm³/mol. The highest BCUT2D eigenvalue weighted by atomic mass is 32.2. The van der Waals surface area contributed by atoms with Crippen LogP contribution in [-0.4, -0.2) is 28.9 Å². The van der Waals surface area contributed by atoms with Crippen molar-refractivity contribution < 1.29 is 26.4 Å². The average molecular weight is 503 g/mol. The van der Waals surface area contributed by atoms with Gasteiger partial charge in [0.05, 0.1) is 21.2 Å². The van der Waals surface area contributed by atoms with E-state index < -0.39 is 32.1 Å². The van der Waals surface area contributed by atoms with E-state index in [9.17, 15) is 26.4 Å². The number of nitrogens with two attached hydrogens (primary N) is 2. The maximum Gasteiger partial charge on any atom is 0.333 e. The number of anilines is 2. The summed E-state index contributed by atoms with van der Waals surface area (Å²) in [6.45, 7) is 3.55. The molecule has 0 radical (unpaired) electrons. The highest BCUT2D eigenvalue weighted by molar-refractivity contribution is 7.94. The normalized spacial score (nSPS) is 11.6. The van der Waals surface area contributed by atoms with Crippen LogP contribution in [0.15, 0.2) is 82.6 Å². The number of amides is 4. The van der Waals surface area contributed by atoms with Crippen molar-refractivity contribution in [2.45, 2.75) is 23.6 Å². The second-order valence-electron chi connectivity index (χ2n) is 7.36. The lowest BCUT2D eigenvalue weighted by molar-refractivity contribution is 0.256. The Labute approximate surface area is 197 Å². The van der Waals surface area contributed by atoms with Crippen LogP contribution in [0.3, 0.4) is 0 Å². The van der Waals surface area contributed by atoms with Crippen molar-refractivity contribution in [3.8, 4) is 0 Å². The number of rotatable bonds is 6. The predicted octanol–water partition coefficient (Wildman–Crippen LogP) is 2.85. The molecule has 0 heterocycles. The molecule has 3 aromatic rings. The Morgan fingerprint density at radius 1 is 0.559 bits per heavy atom. The summed E-state index contributed by atoms with van der Waals surface area (Å²) in [5.74, 6) is 0. The zero-order valence-corrected chi connectivity index (χ0v) is 19.9. The number of benzene rings is 3. The maximum atomic E-state index is 13.0. The van der Waals surface area contributed by atoms with Crippen LogP contribution in [0.1, 0.15) is 11.1 Å². The minimum atomic E-state index is -4.36. The van der Waals surface area contributed by atoms with Gasteiger partial charge in [-0.1, -0.05) is 35.4 Å². The topological polar surface area (TPSA) is 161 Å². The summed E-state index contributed by atoms with van der Waals surface area (Å²) < 4.78 is 52.9. The fourth-order valence-electron chi connectivity index (χ4n) is 3.12. The van der Waals surface area contributed by atoms with Gasteiger partial charge in [-0.05, 0) is 62.4 Å². The van der Waals surface area contributed by atoms with Crippen LogP contribution in [0.2, 0.25) is 0 Å². The van der Waals surface area contributed by atoms with Crippen LogP contribution in [-0.2, 0) is 20.0 Å². The van der Waals surface area contributed by atoms with E-state index in [0.717, 1.165) is 35.4 Å². The van der Waals surface area contributed by atoms with E-state index in [4.69, 9.17) is 11.5 Å². The molecule has 0 saturated heterocycles. The van der Waals surface area contributed by atoms with Crippen molar-refractivity contribution in [1.29, 1.82) is 0 Å². The fourth-order valence-corrected chi connectivity index (χ4v) is 5.78. The molecule has 3 rings (SSSR count). The number of carbonyl (C=O) groups excluding carboxylic acids is 2. The maximum absolute atomic E-state index is 13.0. The summed E-state index contributed by atoms with van der Waals surface area (Å²) in [6.07, 6.45) is 0. The molecule has 0 aliphatic carbocycles. The van der Waals surface area contributed by atoms with Crippen molar-refractivity contribution in [2.75, 3.05) is 8.61 Å². The molecule has 0 saturated carbocycles. The van der Waals surface area contributed by atoms with E-state index in [1.165, 1.54) is 24.3 Å². The molecular formula is C22H22N4O6S2. The van der Waals surface area contributed by atoms with Gasteiger partial charge in [-0.2, -0.15) is 8.61 Å². The quantitative estimate of drug-likeness (QED) is 0.527. The molecule has 34 heavy (non-hydrogen) atoms. The van der Waals surface area contributed by atoms with Crippen LogP contribution in [0, 0.1) is 13.8 Å². The van der Waals surface area contributed by atoms with Crippen molar-refractivity contribution >= 4 is 43.5 Å². The Morgan fingerprint density at radius 2 is 0.824 bits per heavy atom. The van der Waals surface area contributed by atoms with Gasteiger partial charge in [0.15, 0.2) is 0 Å². The summed E-state index contributed by atoms with van der Waals surface area (Å²) in [7, 11) is -8.72. The molecule has 0 unspecified atom stereocenters. The third-order valence-corrected chi connectivity index (χ3v) is 8.32. The highest BCUT2D eigenvalue weighted by Crippen LogP contribution is 2.29. The van der Waals surface area contributed by atoms with E-state index in [-0.39, 0.29) is 21.2 Å². The first-order valence-corrected chi connectivity index (χ1v) is 12.7. The highest BCUT2D eigenvalue weighted by Gasteiger charge is 2.32. The fraction of sp³-hybridized carbons (Fsp3) is 0.0909. The molecule has 178 valence electrons. The Kier molecular flexibility index (Phi) is 6.66. The molecule has 0 spiro atoms. The number of sulfonamides is 2. The van der Waals surface area contributed by atoms with Crippen molar-refractivity contribution in [3.63, 3.8) is 0 Å². The molecule has 0 aromatic heterocycles. The number of hydrogen-bond acceptors (Lipinski definition) is 6. The van der Waals surface area contributed by atoms with Gasteiger partial charge in [-0.25, -0.2) is 26.4 Å². The van der Waals surface area contributed by atoms with Crippen LogP contribution in [0.4, 0.5) is 21.0 Å². The lowest BCUT2D eigenvalue weighted by atomic mass is 10.2. The van der Waals surface area contributed by atoms with Gasteiger partial charge in [0.1, 0.15) is 0 Å². The number of urea groups is 2. The molecule has 0 aliphatic rings. The first-order chi connectivity index (χ1) is 15.9. The first-order valence-electron chi connectivity index (χ1n) is 9.78. The minimum Gasteiger partial charge on any atom is -0.350 e. The zero-order valence-electron chi connectivity index (χ0n) is 18.2. The second kappa shape index (κ2) is 9.15. The summed E-state index contributed by atoms with van der Waals surface area (Å²) in [6, 6.07) is 13.6. The molecule has 0 bridgehead atoms. The second-order valence-corrected chi connectivity index (χ2v) is 10.9. The van der Waals surface area contributed by atoms with Crippen molar-refractivity contribution in [3.05, 3.63) is 83.9 Å². The van der Waals surface area contributed by atoms with Gasteiger partial charge < -0.3 is 11.5 Å². The van der Waals surface area contributed by atoms with E-state index in [1.54, 1.807) is 38.1 Å². The van der Waals surface area contributed by atoms with E-state index in [1.807, 2.05) is 0 Å². The van der Waals surface area contributed by atoms with E-state index in [0.29, 0.717) is 8.61 Å². The van der Waals surface area contributed by atoms with Crippen molar-refractivity contribution in [1.82, 2.24) is 0 Å². The standard InChI is InChI=1S/C22H22N4O6S2/c1-15-3-11-19(12-4-15)33(29,30)25(21(23)27)17-7-9-18(10-8-17)26(22(24)28)34(31,32)20-13-5-16(2)6-14-20/h3-14H,1-2H3,(H2,23,27)(H2,24,28). The molecule has 0 aliphatic heterocycles. The average Bonchev–Trinajstić information content (AvgIpc) is 2.75. The minimum absolute atomic E-state index is 0.158. The van der Waals surface area contributed by atoms with Gasteiger partial charge >= 0.3 is 12.1 Å². The molecular weight excluding hydrogens is 480 g/mol. The summed E-state index contributed by atoms with van der Waals surface area (Å²) in [5.41, 5.74) is 12.0. The van der Waals surface area contributed by atoms with Crippen LogP contribution in [0.25, 0.3) is 0 Å². The van der Waals surface area contributed by atoms with E-state index in [2.05, 4.69) is 0 Å². The Balaban J connectivity index is 2.04. The number of hydrogen-bond donors (Lipinski definition) is 2. The van der Waals surface area contributed by atoms with Crippen LogP contribution in [0.5, 0.6) is 0 Å². The third-order valence-electron chi connectivity index (χ3n) is 4.84. The number of aryl methyl sites for hydroxylation is 2. The van der Waals surface area contributed by atoms with Gasteiger partial charge in [-0.15, -0.1) is 0 Å². The summed E-state index contributed by atoms with van der Waals surface area (Å²) >= 11 is 0. The molecule has 0 atom stereocenters. The summed E-state index contributed by atoms with van der Waals surface area (Å²) in [4.78, 5) is 23.8. The Bertz CT molecular complexity index is 1320. The Hall–Kier alpha value is -3.90. The Morgan fingerprint density at radius 3 is 1.06 bits per heavy atom. The molecule has 4 N–H and O–H groups in total. The van der Waals surface area contributed by atoms with Crippen LogP contribution >= 0.6 is 0 Å². The smallest absolute Gasteiger partial charge is 0.333 e. The van der Waals surface area contributed by atoms with Gasteiger partial charge in [0.25, 0.3) is 20.0 Å². The first kappa shape index (κ1) is 24.7. The zero-order chi connectivity index (χ0) is 25.3. The van der Waals surface area contributed by atoms with Crippen LogP contribution < -0.4 is 20.1 Å². The third kappa shape index (κ3) is 4.72. The van der Waals surface area contributed by atoms with Gasteiger partial charge in [0, 0.05) is 0 Å². The monoisotopic (exact) mass is 502 g/mol. The number of primary amides is 2. The van der Waals surface area contributed by atoms with Crippen molar-refractivity contribution in [2.24, 2.45) is 11.5 Å². The molecule has 12 heteroatoms. The largest absolute Gasteiger partial charge is 0.350 e.